The quantitative estimate of drug-likeness (QED) is 0.878. The number of carbonyl (C=O) groups is 2. The van der Waals surface area contributed by atoms with Crippen LogP contribution in [0.2, 0.25) is 0 Å². The number of nitrogens with one attached hydrogen (secondary N) is 2. The summed E-state index contributed by atoms with van der Waals surface area (Å²) < 4.78 is 0. The van der Waals surface area contributed by atoms with Gasteiger partial charge in [0.05, 0.1) is 0 Å². The van der Waals surface area contributed by atoms with E-state index in [9.17, 15) is 9.59 Å². The zero-order valence-corrected chi connectivity index (χ0v) is 11.4. The lowest BCUT2D eigenvalue weighted by atomic mass is 10.2. The third kappa shape index (κ3) is 3.82. The van der Waals surface area contributed by atoms with E-state index in [1.54, 1.807) is 0 Å². The first-order chi connectivity index (χ1) is 9.19. The van der Waals surface area contributed by atoms with E-state index in [2.05, 4.69) is 15.6 Å². The van der Waals surface area contributed by atoms with E-state index in [0.717, 1.165) is 5.69 Å². The van der Waals surface area contributed by atoms with E-state index in [-0.39, 0.29) is 18.2 Å². The van der Waals surface area contributed by atoms with Gasteiger partial charge in [-0.2, -0.15) is 0 Å². The normalized spacial score (nSPS) is 20.4. The Morgan fingerprint density at radius 2 is 2.16 bits per heavy atom. The van der Waals surface area contributed by atoms with E-state index < -0.39 is 5.25 Å². The molecule has 19 heavy (non-hydrogen) atoms. The highest BCUT2D eigenvalue weighted by molar-refractivity contribution is 8.15. The Balaban J connectivity index is 1.89. The van der Waals surface area contributed by atoms with Crippen LogP contribution in [0.5, 0.6) is 0 Å². The van der Waals surface area contributed by atoms with Crippen molar-refractivity contribution in [3.63, 3.8) is 0 Å². The molecule has 1 heterocycles. The minimum absolute atomic E-state index is 0.147. The predicted molar refractivity (Wildman–Crippen MR) is 77.2 cm³/mol. The molecule has 2 N–H and O–H groups in total. The Labute approximate surface area is 115 Å². The van der Waals surface area contributed by atoms with Crippen LogP contribution >= 0.6 is 11.8 Å². The SMILES string of the molecule is CCN=C1NC(=O)[C@@H](CC(=O)Nc2ccccc2)S1. The maximum absolute atomic E-state index is 11.8. The number of para-hydroxylation sites is 1. The maximum Gasteiger partial charge on any atom is 0.240 e. The summed E-state index contributed by atoms with van der Waals surface area (Å²) in [4.78, 5) is 27.6. The molecule has 2 rings (SSSR count). The molecule has 1 aromatic carbocycles. The minimum Gasteiger partial charge on any atom is -0.326 e. The fourth-order valence-corrected chi connectivity index (χ4v) is 2.69. The number of rotatable bonds is 4. The molecule has 5 nitrogen and oxygen atoms in total. The fourth-order valence-electron chi connectivity index (χ4n) is 1.66. The molecule has 0 unspecified atom stereocenters. The van der Waals surface area contributed by atoms with Crippen molar-refractivity contribution in [3.05, 3.63) is 30.3 Å². The first-order valence-electron chi connectivity index (χ1n) is 6.06. The summed E-state index contributed by atoms with van der Waals surface area (Å²) in [6, 6.07) is 9.19. The van der Waals surface area contributed by atoms with E-state index in [0.29, 0.717) is 11.7 Å². The van der Waals surface area contributed by atoms with E-state index in [1.807, 2.05) is 37.3 Å². The van der Waals surface area contributed by atoms with E-state index in [4.69, 9.17) is 0 Å². The Bertz CT molecular complexity index is 502. The van der Waals surface area contributed by atoms with Crippen LogP contribution in [-0.2, 0) is 9.59 Å². The van der Waals surface area contributed by atoms with Gasteiger partial charge in [-0.05, 0) is 19.1 Å². The molecule has 0 saturated carbocycles. The molecule has 1 aliphatic heterocycles. The van der Waals surface area contributed by atoms with Gasteiger partial charge in [0.25, 0.3) is 0 Å². The highest BCUT2D eigenvalue weighted by Gasteiger charge is 2.31. The van der Waals surface area contributed by atoms with Gasteiger partial charge in [0.1, 0.15) is 5.25 Å². The summed E-state index contributed by atoms with van der Waals surface area (Å²) in [7, 11) is 0. The van der Waals surface area contributed by atoms with E-state index >= 15 is 0 Å². The number of nitrogens with zero attached hydrogens (tertiary/aromatic N) is 1. The van der Waals surface area contributed by atoms with E-state index in [1.165, 1.54) is 11.8 Å². The summed E-state index contributed by atoms with van der Waals surface area (Å²) >= 11 is 1.31. The van der Waals surface area contributed by atoms with Crippen molar-refractivity contribution in [2.45, 2.75) is 18.6 Å². The van der Waals surface area contributed by atoms with Gasteiger partial charge in [0.2, 0.25) is 11.8 Å². The van der Waals surface area contributed by atoms with Crippen molar-refractivity contribution in [1.29, 1.82) is 0 Å². The van der Waals surface area contributed by atoms with Gasteiger partial charge >= 0.3 is 0 Å². The summed E-state index contributed by atoms with van der Waals surface area (Å²) in [5.74, 6) is -0.322. The lowest BCUT2D eigenvalue weighted by Gasteiger charge is -2.06. The van der Waals surface area contributed by atoms with Crippen molar-refractivity contribution in [2.75, 3.05) is 11.9 Å². The topological polar surface area (TPSA) is 70.6 Å². The molecule has 0 aromatic heterocycles. The number of aliphatic imine (C=N–C) groups is 1. The fraction of sp³-hybridized carbons (Fsp3) is 0.308. The van der Waals surface area contributed by atoms with Crippen LogP contribution in [0.1, 0.15) is 13.3 Å². The number of hydrogen-bond donors (Lipinski definition) is 2. The van der Waals surface area contributed by atoms with Crippen LogP contribution in [0.3, 0.4) is 0 Å². The van der Waals surface area contributed by atoms with Gasteiger partial charge in [-0.15, -0.1) is 0 Å². The standard InChI is InChI=1S/C13H15N3O2S/c1-2-14-13-16-12(18)10(19-13)8-11(17)15-9-6-4-3-5-7-9/h3-7,10H,2,8H2,1H3,(H,15,17)(H,14,16,18)/t10-/m1/s1. The Hall–Kier alpha value is -1.82. The molecule has 0 aliphatic carbocycles. The number of anilines is 1. The number of hydrogen-bond acceptors (Lipinski definition) is 4. The first-order valence-corrected chi connectivity index (χ1v) is 6.94. The van der Waals surface area contributed by atoms with Crippen molar-refractivity contribution < 1.29 is 9.59 Å². The van der Waals surface area contributed by atoms with Crippen LogP contribution < -0.4 is 10.6 Å². The number of amides is 2. The highest BCUT2D eigenvalue weighted by atomic mass is 32.2. The molecular formula is C13H15N3O2S. The smallest absolute Gasteiger partial charge is 0.240 e. The number of benzene rings is 1. The molecule has 1 atom stereocenters. The van der Waals surface area contributed by atoms with Crippen LogP contribution in [-0.4, -0.2) is 28.8 Å². The average Bonchev–Trinajstić information content (AvgIpc) is 2.71. The van der Waals surface area contributed by atoms with Crippen LogP contribution in [0.15, 0.2) is 35.3 Å². The largest absolute Gasteiger partial charge is 0.326 e. The van der Waals surface area contributed by atoms with Gasteiger partial charge in [0, 0.05) is 18.7 Å². The molecule has 1 aliphatic rings. The Kier molecular flexibility index (Phi) is 4.57. The van der Waals surface area contributed by atoms with Gasteiger partial charge in [-0.1, -0.05) is 30.0 Å². The second-order valence-electron chi connectivity index (χ2n) is 3.99. The van der Waals surface area contributed by atoms with Crippen molar-refractivity contribution in [1.82, 2.24) is 5.32 Å². The Morgan fingerprint density at radius 1 is 1.42 bits per heavy atom. The van der Waals surface area contributed by atoms with Crippen molar-refractivity contribution in [3.8, 4) is 0 Å². The van der Waals surface area contributed by atoms with Crippen LogP contribution in [0.25, 0.3) is 0 Å². The number of carbonyl (C=O) groups excluding carboxylic acids is 2. The summed E-state index contributed by atoms with van der Waals surface area (Å²) in [6.45, 7) is 2.51. The highest BCUT2D eigenvalue weighted by Crippen LogP contribution is 2.22. The number of thioether (sulfide) groups is 1. The third-order valence-electron chi connectivity index (χ3n) is 2.51. The molecule has 0 radical (unpaired) electrons. The van der Waals surface area contributed by atoms with Crippen LogP contribution in [0, 0.1) is 0 Å². The molecule has 1 aromatic rings. The lowest BCUT2D eigenvalue weighted by Crippen LogP contribution is -2.28. The van der Waals surface area contributed by atoms with Crippen molar-refractivity contribution >= 4 is 34.4 Å². The third-order valence-corrected chi connectivity index (χ3v) is 3.63. The molecule has 0 bridgehead atoms. The molecule has 0 spiro atoms. The second kappa shape index (κ2) is 6.38. The molecule has 1 fully saturated rings. The summed E-state index contributed by atoms with van der Waals surface area (Å²) in [5.41, 5.74) is 0.735. The number of amidine groups is 1. The summed E-state index contributed by atoms with van der Waals surface area (Å²) in [5, 5.41) is 5.64. The van der Waals surface area contributed by atoms with Gasteiger partial charge in [-0.25, -0.2) is 0 Å². The second-order valence-corrected chi connectivity index (χ2v) is 5.19. The molecular weight excluding hydrogens is 262 g/mol. The summed E-state index contributed by atoms with van der Waals surface area (Å²) in [6.07, 6.45) is 0.147. The molecule has 100 valence electrons. The monoisotopic (exact) mass is 277 g/mol. The predicted octanol–water partition coefficient (Wildman–Crippen LogP) is 1.62. The minimum atomic E-state index is -0.394. The van der Waals surface area contributed by atoms with Crippen LogP contribution in [0.4, 0.5) is 5.69 Å². The molecule has 2 amide bonds. The molecule has 6 heteroatoms. The molecule has 1 saturated heterocycles. The van der Waals surface area contributed by atoms with Gasteiger partial charge in [0.15, 0.2) is 5.17 Å². The van der Waals surface area contributed by atoms with Crippen molar-refractivity contribution in [2.24, 2.45) is 4.99 Å². The Morgan fingerprint density at radius 3 is 2.84 bits per heavy atom. The lowest BCUT2D eigenvalue weighted by molar-refractivity contribution is -0.122. The van der Waals surface area contributed by atoms with Gasteiger partial charge < -0.3 is 10.6 Å². The average molecular weight is 277 g/mol. The maximum atomic E-state index is 11.8. The first kappa shape index (κ1) is 13.6. The van der Waals surface area contributed by atoms with Gasteiger partial charge in [-0.3, -0.25) is 14.6 Å². The zero-order chi connectivity index (χ0) is 13.7. The zero-order valence-electron chi connectivity index (χ0n) is 10.6.